The van der Waals surface area contributed by atoms with E-state index in [4.69, 9.17) is 13.9 Å². The van der Waals surface area contributed by atoms with E-state index in [1.165, 1.54) is 0 Å². The number of carbonyl (C=O) groups is 2. The van der Waals surface area contributed by atoms with Crippen molar-refractivity contribution in [2.75, 3.05) is 6.54 Å². The zero-order valence-corrected chi connectivity index (χ0v) is 18.9. The highest BCUT2D eigenvalue weighted by Gasteiger charge is 2.46. The average Bonchev–Trinajstić information content (AvgIpc) is 3.47. The summed E-state index contributed by atoms with van der Waals surface area (Å²) in [7, 11) is 0. The topological polar surface area (TPSA) is 90.7 Å². The number of hydrogen-bond acceptors (Lipinski definition) is 7. The van der Waals surface area contributed by atoms with E-state index in [1.54, 1.807) is 6.92 Å². The largest absolute Gasteiger partial charge is 0.487 e. The number of aromatic nitrogens is 1. The average molecular weight is 449 g/mol. The molecule has 1 saturated heterocycles. The molecule has 0 amide bonds. The molecule has 3 aromatic rings. The van der Waals surface area contributed by atoms with Crippen LogP contribution < -0.4 is 10.1 Å². The Bertz CT molecular complexity index is 1100. The van der Waals surface area contributed by atoms with Gasteiger partial charge in [0.2, 0.25) is 5.89 Å². The summed E-state index contributed by atoms with van der Waals surface area (Å²) in [6.45, 7) is 5.01. The van der Waals surface area contributed by atoms with Crippen molar-refractivity contribution >= 4 is 12.3 Å². The highest BCUT2D eigenvalue weighted by molar-refractivity contribution is 5.91. The Hall–Kier alpha value is -3.45. The molecule has 2 atom stereocenters. The smallest absolute Gasteiger partial charge is 0.293 e. The van der Waals surface area contributed by atoms with Gasteiger partial charge in [0, 0.05) is 12.0 Å². The van der Waals surface area contributed by atoms with Gasteiger partial charge in [-0.25, -0.2) is 4.98 Å². The molecule has 7 nitrogen and oxygen atoms in total. The summed E-state index contributed by atoms with van der Waals surface area (Å²) in [5, 5.41) is 3.27. The second-order valence-electron chi connectivity index (χ2n) is 8.30. The number of hydrogen-bond donors (Lipinski definition) is 1. The second-order valence-corrected chi connectivity index (χ2v) is 8.30. The van der Waals surface area contributed by atoms with Crippen LogP contribution in [0.4, 0.5) is 0 Å². The fourth-order valence-electron chi connectivity index (χ4n) is 4.28. The Morgan fingerprint density at radius 2 is 2.06 bits per heavy atom. The lowest BCUT2D eigenvalue weighted by molar-refractivity contribution is -0.141. The zero-order chi connectivity index (χ0) is 23.3. The number of Topliss-reactive ketones (excluding diaryl/α,β-unsaturated/α-hetero) is 1. The Morgan fingerprint density at radius 3 is 2.79 bits per heavy atom. The van der Waals surface area contributed by atoms with Crippen molar-refractivity contribution < 1.29 is 23.5 Å². The maximum Gasteiger partial charge on any atom is 0.293 e. The number of rotatable bonds is 10. The molecule has 1 aliphatic heterocycles. The van der Waals surface area contributed by atoms with Crippen LogP contribution >= 0.6 is 0 Å². The highest BCUT2D eigenvalue weighted by atomic mass is 16.5. The number of ether oxygens (including phenoxy) is 2. The fraction of sp³-hybridized carbons (Fsp3) is 0.346. The molecule has 1 unspecified atom stereocenters. The zero-order valence-electron chi connectivity index (χ0n) is 18.9. The Kier molecular flexibility index (Phi) is 6.89. The standard InChI is InChI=1S/C26H28N2O5/c1-18-23(28-25(33-18)21-9-4-3-5-10-21)16-31-22-11-6-8-20(14-22)15-24(30)26(12-7-13-27-26)19(2)32-17-29/h3-6,8-11,14,17,19,27H,7,12-13,15-16H2,1-2H3/t19?,26-/m1/s1. The van der Waals surface area contributed by atoms with Gasteiger partial charge in [-0.2, -0.15) is 0 Å². The van der Waals surface area contributed by atoms with Crippen LogP contribution in [-0.4, -0.2) is 35.4 Å². The van der Waals surface area contributed by atoms with Crippen molar-refractivity contribution in [1.29, 1.82) is 0 Å². The Labute approximate surface area is 193 Å². The first kappa shape index (κ1) is 22.7. The van der Waals surface area contributed by atoms with E-state index in [0.29, 0.717) is 30.3 Å². The predicted molar refractivity (Wildman–Crippen MR) is 123 cm³/mol. The van der Waals surface area contributed by atoms with E-state index in [0.717, 1.165) is 29.8 Å². The number of aryl methyl sites for hydroxylation is 1. The van der Waals surface area contributed by atoms with Crippen molar-refractivity contribution in [3.63, 3.8) is 0 Å². The van der Waals surface area contributed by atoms with Gasteiger partial charge in [0.25, 0.3) is 6.47 Å². The normalized spacial score (nSPS) is 18.6. The van der Waals surface area contributed by atoms with Gasteiger partial charge in [-0.05, 0) is 63.1 Å². The lowest BCUT2D eigenvalue weighted by atomic mass is 9.83. The van der Waals surface area contributed by atoms with Gasteiger partial charge in [-0.3, -0.25) is 9.59 Å². The SMILES string of the molecule is Cc1oc(-c2ccccc2)nc1COc1cccc(CC(=O)[C@]2(C(C)OC=O)CCCN2)c1. The molecule has 0 aliphatic carbocycles. The van der Waals surface area contributed by atoms with Gasteiger partial charge in [-0.1, -0.05) is 30.3 Å². The van der Waals surface area contributed by atoms with Gasteiger partial charge in [0.05, 0.1) is 0 Å². The van der Waals surface area contributed by atoms with Crippen molar-refractivity contribution in [2.45, 2.75) is 51.4 Å². The van der Waals surface area contributed by atoms with Crippen LogP contribution in [-0.2, 0) is 27.4 Å². The summed E-state index contributed by atoms with van der Waals surface area (Å²) < 4.78 is 16.9. The Morgan fingerprint density at radius 1 is 1.24 bits per heavy atom. The molecule has 1 aliphatic rings. The molecule has 33 heavy (non-hydrogen) atoms. The van der Waals surface area contributed by atoms with E-state index in [1.807, 2.05) is 61.5 Å². The molecular weight excluding hydrogens is 420 g/mol. The fourth-order valence-corrected chi connectivity index (χ4v) is 4.28. The molecule has 1 aromatic heterocycles. The summed E-state index contributed by atoms with van der Waals surface area (Å²) in [5.74, 6) is 1.92. The minimum Gasteiger partial charge on any atom is -0.487 e. The molecule has 172 valence electrons. The van der Waals surface area contributed by atoms with Crippen LogP contribution in [0.5, 0.6) is 5.75 Å². The first-order valence-electron chi connectivity index (χ1n) is 11.1. The third kappa shape index (κ3) is 4.98. The summed E-state index contributed by atoms with van der Waals surface area (Å²) in [6.07, 6.45) is 1.20. The summed E-state index contributed by atoms with van der Waals surface area (Å²) in [6, 6.07) is 17.2. The van der Waals surface area contributed by atoms with Crippen molar-refractivity contribution in [2.24, 2.45) is 0 Å². The first-order valence-corrected chi connectivity index (χ1v) is 11.1. The van der Waals surface area contributed by atoms with Crippen molar-refractivity contribution in [3.8, 4) is 17.2 Å². The molecule has 1 N–H and O–H groups in total. The molecule has 7 heteroatoms. The minimum absolute atomic E-state index is 0.00588. The van der Waals surface area contributed by atoms with Gasteiger partial charge in [-0.15, -0.1) is 0 Å². The Balaban J connectivity index is 1.43. The number of nitrogens with one attached hydrogen (secondary N) is 1. The van der Waals surface area contributed by atoms with E-state index in [2.05, 4.69) is 10.3 Å². The van der Waals surface area contributed by atoms with Crippen LogP contribution in [0.1, 0.15) is 36.8 Å². The molecule has 1 fully saturated rings. The minimum atomic E-state index is -0.844. The molecule has 0 saturated carbocycles. The van der Waals surface area contributed by atoms with Crippen LogP contribution in [0.25, 0.3) is 11.5 Å². The quantitative estimate of drug-likeness (QED) is 0.468. The van der Waals surface area contributed by atoms with E-state index < -0.39 is 11.6 Å². The molecule has 4 rings (SSSR count). The van der Waals surface area contributed by atoms with Gasteiger partial charge in [0.15, 0.2) is 5.78 Å². The van der Waals surface area contributed by atoms with Gasteiger partial charge >= 0.3 is 0 Å². The van der Waals surface area contributed by atoms with Gasteiger partial charge in [0.1, 0.15) is 35.5 Å². The molecule has 0 radical (unpaired) electrons. The third-order valence-electron chi connectivity index (χ3n) is 6.19. The summed E-state index contributed by atoms with van der Waals surface area (Å²) >= 11 is 0. The molecule has 0 bridgehead atoms. The lowest BCUT2D eigenvalue weighted by Gasteiger charge is -2.33. The lowest BCUT2D eigenvalue weighted by Crippen LogP contribution is -2.57. The summed E-state index contributed by atoms with van der Waals surface area (Å²) in [5.41, 5.74) is 1.63. The number of benzene rings is 2. The van der Waals surface area contributed by atoms with Crippen LogP contribution in [0, 0.1) is 6.92 Å². The monoisotopic (exact) mass is 448 g/mol. The van der Waals surface area contributed by atoms with Crippen molar-refractivity contribution in [1.82, 2.24) is 10.3 Å². The van der Waals surface area contributed by atoms with E-state index in [-0.39, 0.29) is 18.8 Å². The molecule has 0 spiro atoms. The number of ketones is 1. The third-order valence-corrected chi connectivity index (χ3v) is 6.19. The number of oxazole rings is 1. The second kappa shape index (κ2) is 10.0. The predicted octanol–water partition coefficient (Wildman–Crippen LogP) is 4.02. The van der Waals surface area contributed by atoms with E-state index in [9.17, 15) is 9.59 Å². The molecule has 2 heterocycles. The highest BCUT2D eigenvalue weighted by Crippen LogP contribution is 2.29. The first-order chi connectivity index (χ1) is 16.0. The molecule has 2 aromatic carbocycles. The van der Waals surface area contributed by atoms with Crippen LogP contribution in [0.2, 0.25) is 0 Å². The number of carbonyl (C=O) groups excluding carboxylic acids is 2. The summed E-state index contributed by atoms with van der Waals surface area (Å²) in [4.78, 5) is 28.6. The van der Waals surface area contributed by atoms with E-state index >= 15 is 0 Å². The van der Waals surface area contributed by atoms with Crippen LogP contribution in [0.15, 0.2) is 59.0 Å². The maximum atomic E-state index is 13.2. The van der Waals surface area contributed by atoms with Gasteiger partial charge < -0.3 is 19.2 Å². The van der Waals surface area contributed by atoms with Crippen molar-refractivity contribution in [3.05, 3.63) is 71.6 Å². The van der Waals surface area contributed by atoms with Crippen LogP contribution in [0.3, 0.4) is 0 Å². The molecular formula is C26H28N2O5. The number of nitrogens with zero attached hydrogens (tertiary/aromatic N) is 1. The maximum absolute atomic E-state index is 13.2.